The van der Waals surface area contributed by atoms with E-state index in [-0.39, 0.29) is 10.8 Å². The van der Waals surface area contributed by atoms with Crippen molar-refractivity contribution in [1.82, 2.24) is 0 Å². The zero-order valence-electron chi connectivity index (χ0n) is 28.1. The molecule has 0 amide bonds. The van der Waals surface area contributed by atoms with Crippen LogP contribution in [0.25, 0.3) is 21.5 Å². The van der Waals surface area contributed by atoms with Crippen LogP contribution in [0.1, 0.15) is 71.9 Å². The van der Waals surface area contributed by atoms with Gasteiger partial charge in [0.1, 0.15) is 0 Å². The summed E-state index contributed by atoms with van der Waals surface area (Å²) < 4.78 is 2.59. The molecule has 0 fully saturated rings. The van der Waals surface area contributed by atoms with Crippen LogP contribution in [-0.4, -0.2) is 23.9 Å². The minimum atomic E-state index is -0.0717. The van der Waals surface area contributed by atoms with Crippen LogP contribution < -0.4 is 4.90 Å². The second-order valence-electron chi connectivity index (χ2n) is 14.8. The summed E-state index contributed by atoms with van der Waals surface area (Å²) in [5.74, 6) is 0.570. The van der Waals surface area contributed by atoms with E-state index in [9.17, 15) is 0 Å². The lowest BCUT2D eigenvalue weighted by Crippen LogP contribution is -2.29. The first-order valence-corrected chi connectivity index (χ1v) is 16.8. The Bertz CT molecular complexity index is 1990. The second kappa shape index (κ2) is 11.0. The SMILES string of the molecule is CC(C)C[N+]1=C(/C=C/C2=CC(=C/C=C3/N(C)c4ccc5ccccc5c4C3(C)C)/CCC2)C(C)(C)c2c1ccc1ccccc21. The van der Waals surface area contributed by atoms with E-state index < -0.39 is 0 Å². The summed E-state index contributed by atoms with van der Waals surface area (Å²) >= 11 is 0. The fourth-order valence-corrected chi connectivity index (χ4v) is 8.30. The standard InChI is InChI=1S/C43H47N2/c1-29(2)28-45-37-24-22-33-16-9-11-18-35(33)41(37)43(5,6)39(45)26-20-31-14-12-13-30(27-31)19-25-38-42(3,4)40-34-17-10-8-15-32(34)21-23-36(40)44(38)7/h8-11,15-27,29H,12-14,28H2,1-7H3/q+1. The molecule has 0 spiro atoms. The average molecular weight is 592 g/mol. The zero-order chi connectivity index (χ0) is 31.5. The molecule has 45 heavy (non-hydrogen) atoms. The third kappa shape index (κ3) is 4.90. The number of rotatable bonds is 5. The molecule has 7 rings (SSSR count). The molecule has 2 heterocycles. The number of anilines is 1. The summed E-state index contributed by atoms with van der Waals surface area (Å²) in [5, 5.41) is 5.38. The first-order valence-electron chi connectivity index (χ1n) is 16.8. The zero-order valence-corrected chi connectivity index (χ0v) is 28.1. The van der Waals surface area contributed by atoms with E-state index in [1.807, 2.05) is 0 Å². The van der Waals surface area contributed by atoms with Gasteiger partial charge in [-0.3, -0.25) is 0 Å². The largest absolute Gasteiger partial charge is 0.347 e. The Hall–Kier alpha value is -4.17. The van der Waals surface area contributed by atoms with Gasteiger partial charge in [0.05, 0.1) is 5.41 Å². The molecule has 4 aromatic carbocycles. The normalized spacial score (nSPS) is 20.7. The van der Waals surface area contributed by atoms with Crippen molar-refractivity contribution >= 4 is 38.6 Å². The van der Waals surface area contributed by atoms with Gasteiger partial charge >= 0.3 is 0 Å². The average Bonchev–Trinajstić information content (AvgIpc) is 3.36. The lowest BCUT2D eigenvalue weighted by atomic mass is 9.79. The van der Waals surface area contributed by atoms with Gasteiger partial charge in [0, 0.05) is 47.5 Å². The molecule has 0 radical (unpaired) electrons. The Labute approximate surface area is 269 Å². The monoisotopic (exact) mass is 591 g/mol. The van der Waals surface area contributed by atoms with E-state index in [1.54, 1.807) is 0 Å². The Balaban J connectivity index is 1.22. The number of allylic oxidation sites excluding steroid dienone is 8. The first-order chi connectivity index (χ1) is 21.6. The van der Waals surface area contributed by atoms with Crippen molar-refractivity contribution in [2.24, 2.45) is 5.92 Å². The van der Waals surface area contributed by atoms with E-state index >= 15 is 0 Å². The van der Waals surface area contributed by atoms with Crippen LogP contribution in [-0.2, 0) is 10.8 Å². The molecule has 1 aliphatic carbocycles. The number of hydrogen-bond acceptors (Lipinski definition) is 1. The van der Waals surface area contributed by atoms with Crippen LogP contribution >= 0.6 is 0 Å². The Morgan fingerprint density at radius 3 is 2.13 bits per heavy atom. The summed E-state index contributed by atoms with van der Waals surface area (Å²) in [4.78, 5) is 2.40. The van der Waals surface area contributed by atoms with E-state index in [2.05, 4.69) is 161 Å². The van der Waals surface area contributed by atoms with Crippen LogP contribution in [0.15, 0.2) is 120 Å². The van der Waals surface area contributed by atoms with Gasteiger partial charge in [-0.15, -0.1) is 0 Å². The molecule has 0 bridgehead atoms. The van der Waals surface area contributed by atoms with Gasteiger partial charge in [0.15, 0.2) is 12.3 Å². The molecule has 228 valence electrons. The number of likely N-dealkylation sites (N-methyl/N-ethyl adjacent to an activating group) is 1. The molecule has 0 unspecified atom stereocenters. The fraction of sp³-hybridized carbons (Fsp3) is 0.326. The molecule has 2 heteroatoms. The fourth-order valence-electron chi connectivity index (χ4n) is 8.30. The summed E-state index contributed by atoms with van der Waals surface area (Å²) in [5.41, 5.74) is 11.1. The van der Waals surface area contributed by atoms with Crippen LogP contribution in [0, 0.1) is 5.92 Å². The molecule has 0 saturated carbocycles. The van der Waals surface area contributed by atoms with Crippen molar-refractivity contribution in [2.75, 3.05) is 18.5 Å². The minimum absolute atomic E-state index is 0.0626. The van der Waals surface area contributed by atoms with Gasteiger partial charge in [-0.25, -0.2) is 0 Å². The topological polar surface area (TPSA) is 6.25 Å². The van der Waals surface area contributed by atoms with Crippen molar-refractivity contribution in [3.63, 3.8) is 0 Å². The lowest BCUT2D eigenvalue weighted by molar-refractivity contribution is -0.445. The molecule has 0 saturated heterocycles. The minimum Gasteiger partial charge on any atom is -0.347 e. The van der Waals surface area contributed by atoms with Crippen LogP contribution in [0.5, 0.6) is 0 Å². The molecule has 4 aromatic rings. The van der Waals surface area contributed by atoms with Crippen LogP contribution in [0.4, 0.5) is 11.4 Å². The maximum absolute atomic E-state index is 2.59. The number of hydrogen-bond donors (Lipinski definition) is 0. The first kappa shape index (κ1) is 29.5. The van der Waals surface area contributed by atoms with Crippen molar-refractivity contribution < 1.29 is 4.58 Å². The highest BCUT2D eigenvalue weighted by atomic mass is 15.2. The van der Waals surface area contributed by atoms with Crippen molar-refractivity contribution in [2.45, 2.75) is 71.6 Å². The summed E-state index contributed by atoms with van der Waals surface area (Å²) in [6.07, 6.45) is 15.5. The van der Waals surface area contributed by atoms with Crippen LogP contribution in [0.2, 0.25) is 0 Å². The maximum Gasteiger partial charge on any atom is 0.210 e. The smallest absolute Gasteiger partial charge is 0.210 e. The Morgan fingerprint density at radius 2 is 1.42 bits per heavy atom. The predicted octanol–water partition coefficient (Wildman–Crippen LogP) is 10.9. The molecule has 0 N–H and O–H groups in total. The number of benzene rings is 4. The Kier molecular flexibility index (Phi) is 7.23. The maximum atomic E-state index is 2.59. The molecule has 0 atom stereocenters. The highest BCUT2D eigenvalue weighted by Crippen LogP contribution is 2.50. The third-order valence-corrected chi connectivity index (χ3v) is 10.4. The van der Waals surface area contributed by atoms with E-state index in [4.69, 9.17) is 0 Å². The summed E-state index contributed by atoms with van der Waals surface area (Å²) in [6.45, 7) is 15.2. The second-order valence-corrected chi connectivity index (χ2v) is 14.8. The van der Waals surface area contributed by atoms with Crippen LogP contribution in [0.3, 0.4) is 0 Å². The van der Waals surface area contributed by atoms with Gasteiger partial charge in [0.25, 0.3) is 0 Å². The Morgan fingerprint density at radius 1 is 0.756 bits per heavy atom. The number of nitrogens with zero attached hydrogens (tertiary/aromatic N) is 2. The molecule has 0 aromatic heterocycles. The highest BCUT2D eigenvalue weighted by molar-refractivity contribution is 6.07. The van der Waals surface area contributed by atoms with E-state index in [0.29, 0.717) is 5.92 Å². The van der Waals surface area contributed by atoms with Crippen molar-refractivity contribution in [1.29, 1.82) is 0 Å². The van der Waals surface area contributed by atoms with Gasteiger partial charge in [-0.2, -0.15) is 4.58 Å². The van der Waals surface area contributed by atoms with Crippen molar-refractivity contribution in [3.8, 4) is 0 Å². The van der Waals surface area contributed by atoms with Gasteiger partial charge in [-0.1, -0.05) is 101 Å². The molecular formula is C43H47N2+. The summed E-state index contributed by atoms with van der Waals surface area (Å²) in [6, 6.07) is 26.9. The molecular weight excluding hydrogens is 544 g/mol. The number of fused-ring (bicyclic) bond motifs is 6. The molecule has 2 aliphatic heterocycles. The third-order valence-electron chi connectivity index (χ3n) is 10.4. The van der Waals surface area contributed by atoms with Crippen molar-refractivity contribution in [3.05, 3.63) is 131 Å². The van der Waals surface area contributed by atoms with E-state index in [1.165, 1.54) is 73.0 Å². The van der Waals surface area contributed by atoms with Gasteiger partial charge in [-0.05, 0) is 89.6 Å². The lowest BCUT2D eigenvalue weighted by Gasteiger charge is -2.24. The quantitative estimate of drug-likeness (QED) is 0.209. The summed E-state index contributed by atoms with van der Waals surface area (Å²) in [7, 11) is 2.22. The molecule has 2 nitrogen and oxygen atoms in total. The molecule has 3 aliphatic rings. The predicted molar refractivity (Wildman–Crippen MR) is 194 cm³/mol. The van der Waals surface area contributed by atoms with Gasteiger partial charge < -0.3 is 4.90 Å². The van der Waals surface area contributed by atoms with Gasteiger partial charge in [0.2, 0.25) is 5.69 Å². The van der Waals surface area contributed by atoms with E-state index in [0.717, 1.165) is 19.4 Å². The highest BCUT2D eigenvalue weighted by Gasteiger charge is 2.45.